The number of hydrogen-bond acceptors (Lipinski definition) is 2. The summed E-state index contributed by atoms with van der Waals surface area (Å²) in [5, 5.41) is 2.78. The van der Waals surface area contributed by atoms with Gasteiger partial charge in [0, 0.05) is 5.69 Å². The number of hydrogen-bond donors (Lipinski definition) is 2. The number of rotatable bonds is 3. The van der Waals surface area contributed by atoms with Gasteiger partial charge >= 0.3 is 0 Å². The van der Waals surface area contributed by atoms with Crippen LogP contribution < -0.4 is 11.1 Å². The average molecular weight is 272 g/mol. The lowest BCUT2D eigenvalue weighted by molar-refractivity contribution is 0.0936. The molecular weight excluding hydrogens is 255 g/mol. The van der Waals surface area contributed by atoms with Crippen molar-refractivity contribution in [2.24, 2.45) is 0 Å². The molecule has 0 saturated heterocycles. The quantitative estimate of drug-likeness (QED) is 0.843. The number of nitrogen functional groups attached to an aromatic ring is 1. The summed E-state index contributed by atoms with van der Waals surface area (Å²) in [6.07, 6.45) is 0. The highest BCUT2D eigenvalue weighted by atomic mass is 19.1. The van der Waals surface area contributed by atoms with Crippen molar-refractivity contribution in [3.05, 3.63) is 65.0 Å². The molecule has 1 amide bonds. The van der Waals surface area contributed by atoms with Crippen LogP contribution in [0, 0.1) is 12.7 Å². The van der Waals surface area contributed by atoms with Crippen molar-refractivity contribution < 1.29 is 9.18 Å². The number of anilines is 1. The molecule has 0 aliphatic heterocycles. The molecular formula is C16H17FN2O. The minimum atomic E-state index is -0.612. The number of nitrogens with two attached hydrogens (primary N) is 1. The van der Waals surface area contributed by atoms with Crippen LogP contribution in [0.25, 0.3) is 0 Å². The Morgan fingerprint density at radius 3 is 2.65 bits per heavy atom. The summed E-state index contributed by atoms with van der Waals surface area (Å²) in [6, 6.07) is 11.7. The van der Waals surface area contributed by atoms with Crippen molar-refractivity contribution in [3.63, 3.8) is 0 Å². The van der Waals surface area contributed by atoms with Gasteiger partial charge < -0.3 is 11.1 Å². The van der Waals surface area contributed by atoms with Crippen LogP contribution in [-0.2, 0) is 0 Å². The summed E-state index contributed by atoms with van der Waals surface area (Å²) in [4.78, 5) is 12.1. The summed E-state index contributed by atoms with van der Waals surface area (Å²) in [6.45, 7) is 3.85. The first-order valence-electron chi connectivity index (χ1n) is 6.40. The molecule has 0 heterocycles. The third-order valence-corrected chi connectivity index (χ3v) is 3.13. The van der Waals surface area contributed by atoms with E-state index in [1.165, 1.54) is 12.1 Å². The average Bonchev–Trinajstić information content (AvgIpc) is 2.38. The maximum atomic E-state index is 13.7. The number of halogens is 1. The van der Waals surface area contributed by atoms with Crippen molar-refractivity contribution in [1.29, 1.82) is 0 Å². The Bertz CT molecular complexity index is 640. The first kappa shape index (κ1) is 14.1. The lowest BCUT2D eigenvalue weighted by atomic mass is 10.1. The molecule has 0 fully saturated rings. The third kappa shape index (κ3) is 3.15. The second-order valence-corrected chi connectivity index (χ2v) is 4.85. The molecule has 0 radical (unpaired) electrons. The van der Waals surface area contributed by atoms with Gasteiger partial charge in [0.2, 0.25) is 0 Å². The monoisotopic (exact) mass is 272 g/mol. The van der Waals surface area contributed by atoms with E-state index in [1.807, 2.05) is 38.1 Å². The zero-order valence-corrected chi connectivity index (χ0v) is 11.5. The van der Waals surface area contributed by atoms with Crippen molar-refractivity contribution in [1.82, 2.24) is 5.32 Å². The summed E-state index contributed by atoms with van der Waals surface area (Å²) in [7, 11) is 0. The summed E-state index contributed by atoms with van der Waals surface area (Å²) < 4.78 is 13.7. The molecule has 3 N–H and O–H groups in total. The SMILES string of the molecule is Cc1cccc([C@H](C)NC(=O)c2ccc(N)cc2F)c1. The van der Waals surface area contributed by atoms with E-state index in [2.05, 4.69) is 5.32 Å². The van der Waals surface area contributed by atoms with Gasteiger partial charge in [0.05, 0.1) is 11.6 Å². The highest BCUT2D eigenvalue weighted by molar-refractivity contribution is 5.95. The molecule has 20 heavy (non-hydrogen) atoms. The van der Waals surface area contributed by atoms with Crippen LogP contribution in [0.15, 0.2) is 42.5 Å². The molecule has 0 unspecified atom stereocenters. The minimum absolute atomic E-state index is 0.00120. The van der Waals surface area contributed by atoms with Crippen molar-refractivity contribution >= 4 is 11.6 Å². The molecule has 0 spiro atoms. The zero-order valence-electron chi connectivity index (χ0n) is 11.5. The number of carbonyl (C=O) groups is 1. The number of nitrogens with one attached hydrogen (secondary N) is 1. The van der Waals surface area contributed by atoms with Gasteiger partial charge in [-0.05, 0) is 37.6 Å². The molecule has 0 aliphatic rings. The molecule has 0 bridgehead atoms. The fraction of sp³-hybridized carbons (Fsp3) is 0.188. The summed E-state index contributed by atoms with van der Waals surface area (Å²) in [5.41, 5.74) is 7.85. The van der Waals surface area contributed by atoms with Crippen LogP contribution in [0.3, 0.4) is 0 Å². The highest BCUT2D eigenvalue weighted by Crippen LogP contribution is 2.16. The zero-order chi connectivity index (χ0) is 14.7. The highest BCUT2D eigenvalue weighted by Gasteiger charge is 2.15. The van der Waals surface area contributed by atoms with Gasteiger partial charge in [0.15, 0.2) is 0 Å². The van der Waals surface area contributed by atoms with Gasteiger partial charge in [-0.15, -0.1) is 0 Å². The second kappa shape index (κ2) is 5.74. The number of aryl methyl sites for hydroxylation is 1. The number of benzene rings is 2. The van der Waals surface area contributed by atoms with Crippen LogP contribution in [0.4, 0.5) is 10.1 Å². The Morgan fingerprint density at radius 1 is 1.25 bits per heavy atom. The smallest absolute Gasteiger partial charge is 0.254 e. The fourth-order valence-electron chi connectivity index (χ4n) is 2.01. The lowest BCUT2D eigenvalue weighted by Gasteiger charge is -2.15. The Morgan fingerprint density at radius 2 is 2.00 bits per heavy atom. The third-order valence-electron chi connectivity index (χ3n) is 3.13. The molecule has 4 heteroatoms. The van der Waals surface area contributed by atoms with Gasteiger partial charge in [-0.25, -0.2) is 4.39 Å². The van der Waals surface area contributed by atoms with E-state index in [1.54, 1.807) is 0 Å². The van der Waals surface area contributed by atoms with Crippen LogP contribution in [0.1, 0.15) is 34.5 Å². The predicted molar refractivity (Wildman–Crippen MR) is 77.9 cm³/mol. The second-order valence-electron chi connectivity index (χ2n) is 4.85. The largest absolute Gasteiger partial charge is 0.399 e. The van der Waals surface area contributed by atoms with Crippen LogP contribution in [-0.4, -0.2) is 5.91 Å². The minimum Gasteiger partial charge on any atom is -0.399 e. The number of carbonyl (C=O) groups excluding carboxylic acids is 1. The Balaban J connectivity index is 2.15. The Hall–Kier alpha value is -2.36. The molecule has 0 saturated carbocycles. The van der Waals surface area contributed by atoms with E-state index in [4.69, 9.17) is 5.73 Å². The van der Waals surface area contributed by atoms with Crippen LogP contribution >= 0.6 is 0 Å². The first-order valence-corrected chi connectivity index (χ1v) is 6.40. The lowest BCUT2D eigenvalue weighted by Crippen LogP contribution is -2.27. The van der Waals surface area contributed by atoms with E-state index < -0.39 is 11.7 Å². The van der Waals surface area contributed by atoms with E-state index in [9.17, 15) is 9.18 Å². The molecule has 2 aromatic rings. The predicted octanol–water partition coefficient (Wildman–Crippen LogP) is 3.21. The van der Waals surface area contributed by atoms with E-state index in [-0.39, 0.29) is 11.6 Å². The van der Waals surface area contributed by atoms with Gasteiger partial charge in [-0.1, -0.05) is 29.8 Å². The summed E-state index contributed by atoms with van der Waals surface area (Å²) >= 11 is 0. The van der Waals surface area contributed by atoms with Crippen LogP contribution in [0.2, 0.25) is 0 Å². The van der Waals surface area contributed by atoms with Gasteiger partial charge in [0.1, 0.15) is 5.82 Å². The van der Waals surface area contributed by atoms with E-state index >= 15 is 0 Å². The fourth-order valence-corrected chi connectivity index (χ4v) is 2.01. The molecule has 2 aromatic carbocycles. The molecule has 2 rings (SSSR count). The summed E-state index contributed by atoms with van der Waals surface area (Å²) in [5.74, 6) is -1.06. The van der Waals surface area contributed by atoms with Crippen molar-refractivity contribution in [2.75, 3.05) is 5.73 Å². The topological polar surface area (TPSA) is 55.1 Å². The van der Waals surface area contributed by atoms with Crippen molar-refractivity contribution in [2.45, 2.75) is 19.9 Å². The van der Waals surface area contributed by atoms with Gasteiger partial charge in [0.25, 0.3) is 5.91 Å². The Kier molecular flexibility index (Phi) is 4.03. The maximum Gasteiger partial charge on any atom is 0.254 e. The van der Waals surface area contributed by atoms with Gasteiger partial charge in [-0.2, -0.15) is 0 Å². The molecule has 0 aliphatic carbocycles. The molecule has 3 nitrogen and oxygen atoms in total. The first-order chi connectivity index (χ1) is 9.47. The number of amides is 1. The standard InChI is InChI=1S/C16H17FN2O/c1-10-4-3-5-12(8-10)11(2)19-16(20)14-7-6-13(18)9-15(14)17/h3-9,11H,18H2,1-2H3,(H,19,20)/t11-/m0/s1. The van der Waals surface area contributed by atoms with Gasteiger partial charge in [-0.3, -0.25) is 4.79 Å². The Labute approximate surface area is 117 Å². The molecule has 1 atom stereocenters. The van der Waals surface area contributed by atoms with Crippen LogP contribution in [0.5, 0.6) is 0 Å². The van der Waals surface area contributed by atoms with Crippen molar-refractivity contribution in [3.8, 4) is 0 Å². The van der Waals surface area contributed by atoms with E-state index in [0.717, 1.165) is 17.2 Å². The molecule has 104 valence electrons. The maximum absolute atomic E-state index is 13.7. The van der Waals surface area contributed by atoms with E-state index in [0.29, 0.717) is 5.69 Å². The normalized spacial score (nSPS) is 11.9. The molecule has 0 aromatic heterocycles.